The summed E-state index contributed by atoms with van der Waals surface area (Å²) in [5.74, 6) is -4.09. The van der Waals surface area contributed by atoms with Crippen LogP contribution in [0, 0.1) is 17.8 Å². The van der Waals surface area contributed by atoms with Gasteiger partial charge in [0, 0.05) is 52.9 Å². The van der Waals surface area contributed by atoms with Crippen LogP contribution in [0.3, 0.4) is 0 Å². The van der Waals surface area contributed by atoms with Crippen molar-refractivity contribution in [2.75, 3.05) is 120 Å². The van der Waals surface area contributed by atoms with Crippen LogP contribution in [0.1, 0.15) is 113 Å². The van der Waals surface area contributed by atoms with E-state index in [1.807, 2.05) is 58.0 Å². The third-order valence-electron chi connectivity index (χ3n) is 15.9. The molecule has 9 atom stereocenters. The number of benzene rings is 1. The number of carbonyl (C=O) groups is 8. The molecule has 7 amide bonds. The van der Waals surface area contributed by atoms with Gasteiger partial charge in [-0.25, -0.2) is 4.79 Å². The molecule has 7 unspecified atom stereocenters. The molecule has 0 aromatic heterocycles. The van der Waals surface area contributed by atoms with Gasteiger partial charge in [0.25, 0.3) is 11.8 Å². The average molecular weight is 1200 g/mol. The smallest absolute Gasteiger partial charge is 0.329 e. The monoisotopic (exact) mass is 1200 g/mol. The van der Waals surface area contributed by atoms with Crippen molar-refractivity contribution in [1.29, 1.82) is 0 Å². The summed E-state index contributed by atoms with van der Waals surface area (Å²) in [6.45, 7) is 21.4. The summed E-state index contributed by atoms with van der Waals surface area (Å²) in [6, 6.07) is 6.42. The Morgan fingerprint density at radius 1 is 0.729 bits per heavy atom. The van der Waals surface area contributed by atoms with E-state index in [1.54, 1.807) is 56.4 Å². The zero-order valence-corrected chi connectivity index (χ0v) is 52.7. The first-order valence-electron chi connectivity index (χ1n) is 30.3. The zero-order valence-electron chi connectivity index (χ0n) is 52.7. The molecule has 2 N–H and O–H groups in total. The number of amides is 7. The average Bonchev–Trinajstić information content (AvgIpc) is 2.57. The fourth-order valence-corrected chi connectivity index (χ4v) is 11.0. The molecule has 1 aromatic carbocycles. The Kier molecular flexibility index (Phi) is 31.1. The summed E-state index contributed by atoms with van der Waals surface area (Å²) >= 11 is 0. The molecule has 1 aromatic rings. The number of imide groups is 1. The normalized spacial score (nSPS) is 19.6. The Morgan fingerprint density at radius 3 is 1.80 bits per heavy atom. The van der Waals surface area contributed by atoms with Gasteiger partial charge in [0.15, 0.2) is 0 Å². The molecule has 23 nitrogen and oxygen atoms in total. The van der Waals surface area contributed by atoms with Gasteiger partial charge in [0.2, 0.25) is 29.5 Å². The highest BCUT2D eigenvalue weighted by Gasteiger charge is 2.48. The second kappa shape index (κ2) is 36.7. The number of esters is 1. The fourth-order valence-electron chi connectivity index (χ4n) is 11.0. The molecule has 3 aliphatic rings. The van der Waals surface area contributed by atoms with Gasteiger partial charge in [-0.2, -0.15) is 0 Å². The lowest BCUT2D eigenvalue weighted by Crippen LogP contribution is -2.62. The molecule has 3 heterocycles. The van der Waals surface area contributed by atoms with Crippen molar-refractivity contribution >= 4 is 47.3 Å². The van der Waals surface area contributed by atoms with E-state index in [4.69, 9.17) is 42.6 Å². The molecule has 85 heavy (non-hydrogen) atoms. The number of rotatable bonds is 40. The highest BCUT2D eigenvalue weighted by atomic mass is 16.6. The van der Waals surface area contributed by atoms with Gasteiger partial charge in [-0.1, -0.05) is 71.4 Å². The quantitative estimate of drug-likeness (QED) is 0.0536. The van der Waals surface area contributed by atoms with Crippen LogP contribution in [0.25, 0.3) is 0 Å². The van der Waals surface area contributed by atoms with Crippen molar-refractivity contribution in [3.05, 3.63) is 48.0 Å². The van der Waals surface area contributed by atoms with Gasteiger partial charge in [0.1, 0.15) is 23.2 Å². The molecule has 0 spiro atoms. The van der Waals surface area contributed by atoms with E-state index in [0.29, 0.717) is 105 Å². The van der Waals surface area contributed by atoms with Crippen molar-refractivity contribution in [2.24, 2.45) is 17.8 Å². The maximum absolute atomic E-state index is 14.8. The largest absolute Gasteiger partial charge is 0.458 e. The van der Waals surface area contributed by atoms with Gasteiger partial charge in [-0.15, -0.1) is 0 Å². The van der Waals surface area contributed by atoms with Crippen LogP contribution in [0.2, 0.25) is 0 Å². The van der Waals surface area contributed by atoms with Crippen LogP contribution in [0.4, 0.5) is 0 Å². The Bertz CT molecular complexity index is 2280. The molecule has 0 bridgehead atoms. The van der Waals surface area contributed by atoms with Gasteiger partial charge < -0.3 is 68.0 Å². The number of methoxy groups -OCH3 is 2. The Balaban J connectivity index is 1.21. The predicted molar refractivity (Wildman–Crippen MR) is 316 cm³/mol. The van der Waals surface area contributed by atoms with E-state index < -0.39 is 71.2 Å². The van der Waals surface area contributed by atoms with Crippen molar-refractivity contribution in [3.63, 3.8) is 0 Å². The molecule has 4 rings (SSSR count). The standard InChI is InChI=1S/C62H100N6O17/c1-13-44(4)55(49(77-11)42-53(72)66-26-17-21-48(66)56(78-12)45(5)57(73)63-47(59(75)85-61(6,7)8)41-46-19-15-14-16-20-46)65(10)58(74)54(43(2)3)64-60(76)62(9)25-18-27-68(62)52(71)24-29-79-31-33-81-35-37-83-39-40-84-38-36-82-34-32-80-30-28-67-50(69)22-23-51(67)70/h14-16,19-20,22-23,43-45,47-49,54-56H,13,17-18,21,24-42H2,1-12H3,(H,63,73)(H,64,76)/t44?,45?,47?,48-,49?,54?,55?,56?,62-/m0/s1. The summed E-state index contributed by atoms with van der Waals surface area (Å²) in [7, 11) is 4.72. The maximum Gasteiger partial charge on any atom is 0.329 e. The van der Waals surface area contributed by atoms with Crippen molar-refractivity contribution in [1.82, 2.24) is 30.2 Å². The summed E-state index contributed by atoms with van der Waals surface area (Å²) in [5.41, 5.74) is -1.13. The van der Waals surface area contributed by atoms with E-state index in [0.717, 1.165) is 10.5 Å². The first-order valence-corrected chi connectivity index (χ1v) is 30.3. The molecule has 2 fully saturated rings. The van der Waals surface area contributed by atoms with E-state index in [2.05, 4.69) is 10.6 Å². The van der Waals surface area contributed by atoms with Crippen LogP contribution >= 0.6 is 0 Å². The second-order valence-corrected chi connectivity index (χ2v) is 23.6. The lowest BCUT2D eigenvalue weighted by Gasteiger charge is -2.41. The molecular weight excluding hydrogens is 1100 g/mol. The Hall–Kier alpha value is -5.40. The lowest BCUT2D eigenvalue weighted by molar-refractivity contribution is -0.159. The highest BCUT2D eigenvalue weighted by Crippen LogP contribution is 2.32. The van der Waals surface area contributed by atoms with Crippen LogP contribution in [0.5, 0.6) is 0 Å². The minimum atomic E-state index is -1.20. The summed E-state index contributed by atoms with van der Waals surface area (Å²) in [4.78, 5) is 114. The number of likely N-dealkylation sites (tertiary alicyclic amines) is 2. The van der Waals surface area contributed by atoms with Crippen LogP contribution in [0.15, 0.2) is 42.5 Å². The molecular formula is C62H100N6O17. The fraction of sp³-hybridized carbons (Fsp3) is 0.742. The summed E-state index contributed by atoms with van der Waals surface area (Å²) in [6.07, 6.45) is 4.18. The van der Waals surface area contributed by atoms with Gasteiger partial charge in [0.05, 0.1) is 129 Å². The molecule has 480 valence electrons. The first kappa shape index (κ1) is 72.1. The first-order chi connectivity index (χ1) is 40.5. The number of nitrogens with one attached hydrogen (secondary N) is 2. The van der Waals surface area contributed by atoms with E-state index >= 15 is 0 Å². The maximum atomic E-state index is 14.8. The minimum absolute atomic E-state index is 0.0568. The summed E-state index contributed by atoms with van der Waals surface area (Å²) in [5, 5.41) is 5.97. The third kappa shape index (κ3) is 22.7. The Labute approximate surface area is 504 Å². The number of hydrogen-bond acceptors (Lipinski definition) is 17. The topological polar surface area (TPSA) is 257 Å². The number of hydrogen-bond donors (Lipinski definition) is 2. The number of likely N-dealkylation sites (N-methyl/N-ethyl adjacent to an activating group) is 1. The van der Waals surface area contributed by atoms with E-state index in [9.17, 15) is 38.4 Å². The van der Waals surface area contributed by atoms with Crippen LogP contribution < -0.4 is 10.6 Å². The van der Waals surface area contributed by atoms with Gasteiger partial charge in [-0.05, 0) is 70.8 Å². The van der Waals surface area contributed by atoms with Gasteiger partial charge in [-0.3, -0.25) is 38.5 Å². The second-order valence-electron chi connectivity index (χ2n) is 23.6. The highest BCUT2D eigenvalue weighted by molar-refractivity contribution is 6.12. The Morgan fingerprint density at radius 2 is 1.28 bits per heavy atom. The molecule has 0 radical (unpaired) electrons. The minimum Gasteiger partial charge on any atom is -0.458 e. The van der Waals surface area contributed by atoms with Crippen molar-refractivity contribution in [3.8, 4) is 0 Å². The van der Waals surface area contributed by atoms with E-state index in [1.165, 1.54) is 26.4 Å². The van der Waals surface area contributed by atoms with Crippen molar-refractivity contribution < 1.29 is 81.0 Å². The lowest BCUT2D eigenvalue weighted by atomic mass is 9.89. The molecule has 23 heteroatoms. The molecule has 3 aliphatic heterocycles. The molecule has 0 aliphatic carbocycles. The SMILES string of the molecule is CCC(C)C(C(CC(=O)N1CCC[C@H]1C(OC)C(C)C(=O)NC(Cc1ccccc1)C(=O)OC(C)(C)C)OC)N(C)C(=O)C(NC(=O)[C@]1(C)CCCN1C(=O)CCOCCOCCOCCOCCOCCOCCN1C(=O)C=CC1=O)C(C)C. The number of nitrogens with zero attached hydrogens (tertiary/aromatic N) is 4. The summed E-state index contributed by atoms with van der Waals surface area (Å²) < 4.78 is 51.1. The predicted octanol–water partition coefficient (Wildman–Crippen LogP) is 3.91. The number of ether oxygens (including phenoxy) is 9. The van der Waals surface area contributed by atoms with Crippen molar-refractivity contribution in [2.45, 2.75) is 161 Å². The van der Waals surface area contributed by atoms with E-state index in [-0.39, 0.29) is 87.0 Å². The molecule has 0 saturated carbocycles. The van der Waals surface area contributed by atoms with Gasteiger partial charge >= 0.3 is 5.97 Å². The van der Waals surface area contributed by atoms with Crippen LogP contribution in [-0.2, 0) is 87.4 Å². The van der Waals surface area contributed by atoms with Crippen LogP contribution in [-0.4, -0.2) is 235 Å². The number of carbonyl (C=O) groups excluding carboxylic acids is 8. The third-order valence-corrected chi connectivity index (χ3v) is 15.9. The molecule has 2 saturated heterocycles. The zero-order chi connectivity index (χ0) is 62.7.